The first-order valence-electron chi connectivity index (χ1n) is 3.74. The van der Waals surface area contributed by atoms with Crippen LogP contribution in [0.4, 0.5) is 0 Å². The molecule has 0 bridgehead atoms. The molecule has 0 aromatic heterocycles. The van der Waals surface area contributed by atoms with E-state index >= 15 is 0 Å². The molecule has 0 rings (SSSR count). The molecule has 0 radical (unpaired) electrons. The van der Waals surface area contributed by atoms with Crippen molar-refractivity contribution in [3.05, 3.63) is 0 Å². The summed E-state index contributed by atoms with van der Waals surface area (Å²) in [5, 5.41) is 0. The SMILES string of the molecule is CCC(C)OCC(N)C(N)=O. The van der Waals surface area contributed by atoms with Gasteiger partial charge in [-0.15, -0.1) is 0 Å². The molecule has 0 aliphatic rings. The number of ether oxygens (including phenoxy) is 1. The van der Waals surface area contributed by atoms with Crippen LogP contribution in [-0.4, -0.2) is 24.7 Å². The van der Waals surface area contributed by atoms with Crippen molar-refractivity contribution in [2.75, 3.05) is 6.61 Å². The third kappa shape index (κ3) is 4.75. The van der Waals surface area contributed by atoms with Gasteiger partial charge in [-0.05, 0) is 13.3 Å². The highest BCUT2D eigenvalue weighted by Crippen LogP contribution is 1.95. The van der Waals surface area contributed by atoms with E-state index in [0.717, 1.165) is 6.42 Å². The topological polar surface area (TPSA) is 78.3 Å². The van der Waals surface area contributed by atoms with Crippen LogP contribution in [0.15, 0.2) is 0 Å². The molecule has 0 fully saturated rings. The average Bonchev–Trinajstić information content (AvgIpc) is 1.99. The molecule has 66 valence electrons. The van der Waals surface area contributed by atoms with Crippen LogP contribution in [0.1, 0.15) is 20.3 Å². The Kier molecular flexibility index (Phi) is 4.81. The van der Waals surface area contributed by atoms with Crippen LogP contribution in [0.3, 0.4) is 0 Å². The van der Waals surface area contributed by atoms with Crippen LogP contribution in [0.25, 0.3) is 0 Å². The van der Waals surface area contributed by atoms with E-state index in [4.69, 9.17) is 16.2 Å². The van der Waals surface area contributed by atoms with Crippen LogP contribution in [-0.2, 0) is 9.53 Å². The first-order chi connectivity index (χ1) is 5.07. The second-order valence-corrected chi connectivity index (χ2v) is 2.56. The molecule has 0 aliphatic heterocycles. The maximum atomic E-state index is 10.4. The maximum Gasteiger partial charge on any atom is 0.236 e. The molecule has 11 heavy (non-hydrogen) atoms. The van der Waals surface area contributed by atoms with Crippen molar-refractivity contribution >= 4 is 5.91 Å². The average molecular weight is 160 g/mol. The molecule has 0 heterocycles. The summed E-state index contributed by atoms with van der Waals surface area (Å²) in [5.41, 5.74) is 10.2. The Morgan fingerprint density at radius 3 is 2.55 bits per heavy atom. The van der Waals surface area contributed by atoms with Crippen LogP contribution in [0.5, 0.6) is 0 Å². The molecular formula is C7H16N2O2. The molecule has 4 heteroatoms. The minimum Gasteiger partial charge on any atom is -0.376 e. The quantitative estimate of drug-likeness (QED) is 0.575. The van der Waals surface area contributed by atoms with E-state index in [-0.39, 0.29) is 12.7 Å². The van der Waals surface area contributed by atoms with E-state index in [0.29, 0.717) is 0 Å². The minimum absolute atomic E-state index is 0.139. The first kappa shape index (κ1) is 10.4. The number of nitrogens with two attached hydrogens (primary N) is 2. The van der Waals surface area contributed by atoms with Crippen molar-refractivity contribution < 1.29 is 9.53 Å². The molecule has 4 nitrogen and oxygen atoms in total. The van der Waals surface area contributed by atoms with Gasteiger partial charge in [0.15, 0.2) is 0 Å². The van der Waals surface area contributed by atoms with Gasteiger partial charge in [0.1, 0.15) is 6.04 Å². The third-order valence-electron chi connectivity index (χ3n) is 1.50. The molecule has 0 aliphatic carbocycles. The smallest absolute Gasteiger partial charge is 0.236 e. The minimum atomic E-state index is -0.677. The summed E-state index contributed by atoms with van der Waals surface area (Å²) in [6.07, 6.45) is 1.05. The van der Waals surface area contributed by atoms with Gasteiger partial charge in [-0.1, -0.05) is 6.92 Å². The Hall–Kier alpha value is -0.610. The van der Waals surface area contributed by atoms with E-state index in [1.807, 2.05) is 13.8 Å². The number of carbonyl (C=O) groups excluding carboxylic acids is 1. The number of hydrogen-bond donors (Lipinski definition) is 2. The number of amides is 1. The lowest BCUT2D eigenvalue weighted by atomic mass is 10.3. The summed E-state index contributed by atoms with van der Waals surface area (Å²) in [6.45, 7) is 4.14. The number of carbonyl (C=O) groups is 1. The summed E-state index contributed by atoms with van der Waals surface area (Å²) in [4.78, 5) is 10.4. The number of primary amides is 1. The van der Waals surface area contributed by atoms with E-state index in [9.17, 15) is 4.79 Å². The zero-order valence-electron chi connectivity index (χ0n) is 7.04. The van der Waals surface area contributed by atoms with E-state index in [2.05, 4.69) is 0 Å². The lowest BCUT2D eigenvalue weighted by Crippen LogP contribution is -2.40. The van der Waals surface area contributed by atoms with Gasteiger partial charge < -0.3 is 16.2 Å². The van der Waals surface area contributed by atoms with Gasteiger partial charge >= 0.3 is 0 Å². The highest BCUT2D eigenvalue weighted by molar-refractivity contribution is 5.79. The van der Waals surface area contributed by atoms with Crippen molar-refractivity contribution in [1.82, 2.24) is 0 Å². The molecular weight excluding hydrogens is 144 g/mol. The predicted octanol–water partition coefficient (Wildman–Crippen LogP) is -0.386. The van der Waals surface area contributed by atoms with Gasteiger partial charge in [-0.2, -0.15) is 0 Å². The van der Waals surface area contributed by atoms with Crippen molar-refractivity contribution in [2.45, 2.75) is 32.4 Å². The lowest BCUT2D eigenvalue weighted by Gasteiger charge is -2.12. The van der Waals surface area contributed by atoms with Crippen molar-refractivity contribution in [1.29, 1.82) is 0 Å². The molecule has 2 unspecified atom stereocenters. The maximum absolute atomic E-state index is 10.4. The Balaban J connectivity index is 3.45. The zero-order valence-corrected chi connectivity index (χ0v) is 7.04. The number of rotatable bonds is 5. The van der Waals surface area contributed by atoms with Gasteiger partial charge in [-0.25, -0.2) is 0 Å². The molecule has 4 N–H and O–H groups in total. The Bertz CT molecular complexity index is 128. The first-order valence-corrected chi connectivity index (χ1v) is 3.74. The molecule has 0 saturated heterocycles. The van der Waals surface area contributed by atoms with Crippen LogP contribution < -0.4 is 11.5 Å². The summed E-state index contributed by atoms with van der Waals surface area (Å²) >= 11 is 0. The van der Waals surface area contributed by atoms with Crippen molar-refractivity contribution in [2.24, 2.45) is 11.5 Å². The van der Waals surface area contributed by atoms with E-state index in [1.165, 1.54) is 0 Å². The molecule has 2 atom stereocenters. The van der Waals surface area contributed by atoms with Crippen LogP contribution in [0.2, 0.25) is 0 Å². The van der Waals surface area contributed by atoms with Crippen LogP contribution in [0, 0.1) is 0 Å². The van der Waals surface area contributed by atoms with E-state index in [1.54, 1.807) is 0 Å². The zero-order chi connectivity index (χ0) is 8.85. The summed E-state index contributed by atoms with van der Waals surface area (Å²) in [5.74, 6) is -0.520. The van der Waals surface area contributed by atoms with Gasteiger partial charge in [-0.3, -0.25) is 4.79 Å². The summed E-state index contributed by atoms with van der Waals surface area (Å²) in [6, 6.07) is -0.677. The second kappa shape index (κ2) is 5.09. The predicted molar refractivity (Wildman–Crippen MR) is 42.9 cm³/mol. The normalized spacial score (nSPS) is 15.9. The molecule has 1 amide bonds. The van der Waals surface area contributed by atoms with E-state index < -0.39 is 11.9 Å². The Labute approximate surface area is 66.9 Å². The lowest BCUT2D eigenvalue weighted by molar-refractivity contribution is -0.121. The summed E-state index contributed by atoms with van der Waals surface area (Å²) < 4.78 is 5.19. The van der Waals surface area contributed by atoms with Gasteiger partial charge in [0.25, 0.3) is 0 Å². The third-order valence-corrected chi connectivity index (χ3v) is 1.50. The van der Waals surface area contributed by atoms with Gasteiger partial charge in [0.05, 0.1) is 12.7 Å². The molecule has 0 saturated carbocycles. The highest BCUT2D eigenvalue weighted by atomic mass is 16.5. The van der Waals surface area contributed by atoms with Crippen LogP contribution >= 0.6 is 0 Å². The monoisotopic (exact) mass is 160 g/mol. The fourth-order valence-corrected chi connectivity index (χ4v) is 0.468. The number of hydrogen-bond acceptors (Lipinski definition) is 3. The standard InChI is InChI=1S/C7H16N2O2/c1-3-5(2)11-4-6(8)7(9)10/h5-6H,3-4,8H2,1-2H3,(H2,9,10). The second-order valence-electron chi connectivity index (χ2n) is 2.56. The van der Waals surface area contributed by atoms with Gasteiger partial charge in [0, 0.05) is 0 Å². The van der Waals surface area contributed by atoms with Gasteiger partial charge in [0.2, 0.25) is 5.91 Å². The van der Waals surface area contributed by atoms with Crippen molar-refractivity contribution in [3.63, 3.8) is 0 Å². The largest absolute Gasteiger partial charge is 0.376 e. The Morgan fingerprint density at radius 2 is 2.18 bits per heavy atom. The summed E-state index contributed by atoms with van der Waals surface area (Å²) in [7, 11) is 0. The Morgan fingerprint density at radius 1 is 1.64 bits per heavy atom. The molecule has 0 aromatic rings. The molecule has 0 aromatic carbocycles. The molecule has 0 spiro atoms. The highest BCUT2D eigenvalue weighted by Gasteiger charge is 2.10. The fourth-order valence-electron chi connectivity index (χ4n) is 0.468. The van der Waals surface area contributed by atoms with Crippen molar-refractivity contribution in [3.8, 4) is 0 Å². The fraction of sp³-hybridized carbons (Fsp3) is 0.857.